The molecule has 0 heterocycles. The summed E-state index contributed by atoms with van der Waals surface area (Å²) in [7, 11) is 0. The highest BCUT2D eigenvalue weighted by molar-refractivity contribution is 5.98. The van der Waals surface area contributed by atoms with E-state index in [1.165, 1.54) is 61.2 Å². The minimum Gasteiger partial charge on any atom is -0.310 e. The molecule has 1 heteroatoms. The molecule has 0 amide bonds. The lowest BCUT2D eigenvalue weighted by Gasteiger charge is -2.32. The molecular formula is C47H37N. The Labute approximate surface area is 283 Å². The predicted molar refractivity (Wildman–Crippen MR) is 202 cm³/mol. The van der Waals surface area contributed by atoms with Crippen molar-refractivity contribution in [3.63, 3.8) is 0 Å². The monoisotopic (exact) mass is 615 g/mol. The molecule has 230 valence electrons. The summed E-state index contributed by atoms with van der Waals surface area (Å²) in [6.07, 6.45) is 0. The van der Waals surface area contributed by atoms with Gasteiger partial charge in [0.05, 0.1) is 5.69 Å². The Bertz CT molecular complexity index is 2330. The smallest absolute Gasteiger partial charge is 0.0540 e. The van der Waals surface area contributed by atoms with E-state index in [2.05, 4.69) is 196 Å². The van der Waals surface area contributed by atoms with E-state index in [1.807, 2.05) is 0 Å². The highest BCUT2D eigenvalue weighted by Gasteiger charge is 2.41. The van der Waals surface area contributed by atoms with Crippen LogP contribution in [0.3, 0.4) is 0 Å². The van der Waals surface area contributed by atoms with Gasteiger partial charge in [0.25, 0.3) is 0 Å². The molecule has 0 N–H and O–H groups in total. The number of nitrogens with zero attached hydrogens (tertiary/aromatic N) is 1. The molecule has 1 unspecified atom stereocenters. The van der Waals surface area contributed by atoms with E-state index in [9.17, 15) is 0 Å². The van der Waals surface area contributed by atoms with Gasteiger partial charge in [-0.2, -0.15) is 0 Å². The Hall–Kier alpha value is -5.66. The van der Waals surface area contributed by atoms with Crippen LogP contribution in [0.2, 0.25) is 0 Å². The van der Waals surface area contributed by atoms with Crippen LogP contribution in [0, 0.1) is 0 Å². The van der Waals surface area contributed by atoms with Crippen molar-refractivity contribution < 1.29 is 0 Å². The van der Waals surface area contributed by atoms with Crippen LogP contribution < -0.4 is 4.90 Å². The highest BCUT2D eigenvalue weighted by Crippen LogP contribution is 2.56. The number of rotatable bonds is 5. The van der Waals surface area contributed by atoms with Gasteiger partial charge in [-0.15, -0.1) is 0 Å². The molecular weight excluding hydrogens is 579 g/mol. The van der Waals surface area contributed by atoms with Crippen molar-refractivity contribution in [2.45, 2.75) is 31.6 Å². The van der Waals surface area contributed by atoms with Gasteiger partial charge in [0.2, 0.25) is 0 Å². The van der Waals surface area contributed by atoms with Crippen LogP contribution in [-0.2, 0) is 10.8 Å². The molecule has 0 bridgehead atoms. The highest BCUT2D eigenvalue weighted by atomic mass is 15.1. The molecule has 0 spiro atoms. The summed E-state index contributed by atoms with van der Waals surface area (Å²) in [4.78, 5) is 2.45. The van der Waals surface area contributed by atoms with E-state index >= 15 is 0 Å². The van der Waals surface area contributed by atoms with Crippen molar-refractivity contribution >= 4 is 17.1 Å². The maximum atomic E-state index is 2.45. The molecule has 48 heavy (non-hydrogen) atoms. The largest absolute Gasteiger partial charge is 0.310 e. The molecule has 0 saturated carbocycles. The molecule has 9 rings (SSSR count). The number of hydrogen-bond acceptors (Lipinski definition) is 1. The van der Waals surface area contributed by atoms with Gasteiger partial charge in [0.15, 0.2) is 0 Å². The van der Waals surface area contributed by atoms with Crippen LogP contribution in [0.15, 0.2) is 170 Å². The van der Waals surface area contributed by atoms with E-state index in [0.717, 1.165) is 17.1 Å². The molecule has 7 aromatic rings. The van der Waals surface area contributed by atoms with E-state index in [4.69, 9.17) is 0 Å². The van der Waals surface area contributed by atoms with Crippen LogP contribution in [0.1, 0.15) is 48.6 Å². The molecule has 0 aliphatic heterocycles. The van der Waals surface area contributed by atoms with Crippen molar-refractivity contribution in [1.29, 1.82) is 0 Å². The topological polar surface area (TPSA) is 3.24 Å². The average molecular weight is 616 g/mol. The minimum atomic E-state index is -0.277. The van der Waals surface area contributed by atoms with E-state index in [-0.39, 0.29) is 10.8 Å². The summed E-state index contributed by atoms with van der Waals surface area (Å²) in [5.74, 6) is 0. The summed E-state index contributed by atoms with van der Waals surface area (Å²) in [5, 5.41) is 0. The van der Waals surface area contributed by atoms with E-state index in [0.29, 0.717) is 0 Å². The van der Waals surface area contributed by atoms with Crippen LogP contribution in [0.25, 0.3) is 33.4 Å². The maximum absolute atomic E-state index is 2.45. The van der Waals surface area contributed by atoms with Gasteiger partial charge in [0.1, 0.15) is 0 Å². The molecule has 2 aliphatic carbocycles. The molecule has 7 aromatic carbocycles. The van der Waals surface area contributed by atoms with Crippen molar-refractivity contribution in [2.75, 3.05) is 4.90 Å². The van der Waals surface area contributed by atoms with Crippen LogP contribution in [-0.4, -0.2) is 0 Å². The first-order valence-corrected chi connectivity index (χ1v) is 17.0. The van der Waals surface area contributed by atoms with Crippen molar-refractivity contribution in [2.24, 2.45) is 0 Å². The Morgan fingerprint density at radius 1 is 0.375 bits per heavy atom. The molecule has 2 aliphatic rings. The second-order valence-corrected chi connectivity index (χ2v) is 13.9. The number of fused-ring (bicyclic) bond motifs is 6. The van der Waals surface area contributed by atoms with Crippen molar-refractivity contribution in [3.8, 4) is 33.4 Å². The van der Waals surface area contributed by atoms with Gasteiger partial charge in [-0.05, 0) is 92.9 Å². The third-order valence-corrected chi connectivity index (χ3v) is 11.0. The first-order chi connectivity index (χ1) is 23.5. The average Bonchev–Trinajstić information content (AvgIpc) is 3.54. The van der Waals surface area contributed by atoms with Crippen LogP contribution in [0.5, 0.6) is 0 Å². The molecule has 1 nitrogen and oxygen atoms in total. The fourth-order valence-electron chi connectivity index (χ4n) is 8.58. The summed E-state index contributed by atoms with van der Waals surface area (Å²) in [5.41, 5.74) is 17.7. The zero-order valence-corrected chi connectivity index (χ0v) is 27.6. The minimum absolute atomic E-state index is 0.0626. The van der Waals surface area contributed by atoms with Gasteiger partial charge in [-0.3, -0.25) is 0 Å². The fourth-order valence-corrected chi connectivity index (χ4v) is 8.58. The maximum Gasteiger partial charge on any atom is 0.0540 e. The summed E-state index contributed by atoms with van der Waals surface area (Å²) >= 11 is 0. The first kappa shape index (κ1) is 28.6. The lowest BCUT2D eigenvalue weighted by atomic mass is 9.74. The Kier molecular flexibility index (Phi) is 6.36. The molecule has 1 atom stereocenters. The molecule has 0 aromatic heterocycles. The van der Waals surface area contributed by atoms with Crippen molar-refractivity contribution in [1.82, 2.24) is 0 Å². The quantitative estimate of drug-likeness (QED) is 0.186. The van der Waals surface area contributed by atoms with Gasteiger partial charge in [-0.1, -0.05) is 153 Å². The number of anilines is 3. The summed E-state index contributed by atoms with van der Waals surface area (Å²) in [6.45, 7) is 7.11. The zero-order chi connectivity index (χ0) is 32.5. The van der Waals surface area contributed by atoms with E-state index < -0.39 is 0 Å². The zero-order valence-electron chi connectivity index (χ0n) is 27.6. The number of benzene rings is 7. The van der Waals surface area contributed by atoms with Crippen molar-refractivity contribution in [3.05, 3.63) is 198 Å². The van der Waals surface area contributed by atoms with Gasteiger partial charge >= 0.3 is 0 Å². The lowest BCUT2D eigenvalue weighted by Crippen LogP contribution is -2.22. The number of para-hydroxylation sites is 2. The fraction of sp³-hybridized carbons (Fsp3) is 0.106. The Morgan fingerprint density at radius 2 is 0.938 bits per heavy atom. The van der Waals surface area contributed by atoms with E-state index in [1.54, 1.807) is 0 Å². The van der Waals surface area contributed by atoms with Crippen LogP contribution >= 0.6 is 0 Å². The molecule has 0 saturated heterocycles. The number of hydrogen-bond donors (Lipinski definition) is 0. The SMILES string of the molecule is CC1(C)c2ccccc2-c2c(-c3ccccc3N(c3ccccc3)c3ccc4c(c3)C(C)(c3ccccc3)c3ccccc3-4)cccc21. The summed E-state index contributed by atoms with van der Waals surface area (Å²) < 4.78 is 0. The lowest BCUT2D eigenvalue weighted by molar-refractivity contribution is 0.660. The third kappa shape index (κ3) is 4.04. The second kappa shape index (κ2) is 10.7. The van der Waals surface area contributed by atoms with Gasteiger partial charge in [-0.25, -0.2) is 0 Å². The standard InChI is InChI=1S/C47H37N/c1-46(2)40-25-13-11-23-39(40)45-38(24-16-27-42(45)46)37-22-12-15-28-44(37)48(33-19-8-5-9-20-33)34-29-30-36-35-21-10-14-26-41(35)47(3,43(36)31-34)32-17-6-4-7-18-32/h4-31H,1-3H3. The predicted octanol–water partition coefficient (Wildman–Crippen LogP) is 12.5. The third-order valence-electron chi connectivity index (χ3n) is 11.0. The first-order valence-electron chi connectivity index (χ1n) is 17.0. The molecule has 0 radical (unpaired) electrons. The Morgan fingerprint density at radius 3 is 1.71 bits per heavy atom. The van der Waals surface area contributed by atoms with Crippen LogP contribution in [0.4, 0.5) is 17.1 Å². The Balaban J connectivity index is 1.28. The van der Waals surface area contributed by atoms with Gasteiger partial charge in [0, 0.05) is 27.8 Å². The van der Waals surface area contributed by atoms with Gasteiger partial charge < -0.3 is 4.90 Å². The second-order valence-electron chi connectivity index (χ2n) is 13.9. The molecule has 0 fully saturated rings. The normalized spacial score (nSPS) is 16.5. The summed E-state index contributed by atoms with van der Waals surface area (Å²) in [6, 6.07) is 62.6.